The number of carbonyl (C=O) groups excluding carboxylic acids is 1. The number of halogens is 1. The highest BCUT2D eigenvalue weighted by Crippen LogP contribution is 2.45. The van der Waals surface area contributed by atoms with Crippen molar-refractivity contribution in [2.75, 3.05) is 12.4 Å². The lowest BCUT2D eigenvalue weighted by Gasteiger charge is -2.30. The van der Waals surface area contributed by atoms with Crippen molar-refractivity contribution in [2.45, 2.75) is 38.3 Å². The van der Waals surface area contributed by atoms with Crippen molar-refractivity contribution in [3.8, 4) is 10.8 Å². The maximum absolute atomic E-state index is 14.0. The number of anilines is 1. The van der Waals surface area contributed by atoms with E-state index < -0.39 is 0 Å². The molecule has 1 aromatic carbocycles. The summed E-state index contributed by atoms with van der Waals surface area (Å²) in [5, 5.41) is 6.96. The Morgan fingerprint density at radius 2 is 2.03 bits per heavy atom. The maximum atomic E-state index is 14.0. The second kappa shape index (κ2) is 8.80. The zero-order valence-electron chi connectivity index (χ0n) is 18.7. The Morgan fingerprint density at radius 3 is 2.85 bits per heavy atom. The minimum absolute atomic E-state index is 0.171. The first kappa shape index (κ1) is 21.8. The topological polar surface area (TPSA) is 46.5 Å². The molecular weight excluding hydrogens is 486 g/mol. The predicted octanol–water partition coefficient (Wildman–Crippen LogP) is 7.28. The van der Waals surface area contributed by atoms with Crippen molar-refractivity contribution < 1.29 is 9.53 Å². The normalized spacial score (nSPS) is 16.9. The summed E-state index contributed by atoms with van der Waals surface area (Å²) in [5.74, 6) is 0.581. The molecule has 1 atom stereocenters. The van der Waals surface area contributed by atoms with Gasteiger partial charge in [0, 0.05) is 26.5 Å². The molecule has 0 radical (unpaired) electrons. The van der Waals surface area contributed by atoms with Crippen molar-refractivity contribution in [1.29, 1.82) is 0 Å². The van der Waals surface area contributed by atoms with Crippen LogP contribution in [0.5, 0.6) is 5.75 Å². The van der Waals surface area contributed by atoms with Gasteiger partial charge in [-0.3, -0.25) is 0 Å². The Balaban J connectivity index is 1.48. The summed E-state index contributed by atoms with van der Waals surface area (Å²) in [6.45, 7) is 0.556. The number of hydrogen-bond donors (Lipinski definition) is 1. The van der Waals surface area contributed by atoms with Gasteiger partial charge in [-0.1, -0.05) is 17.7 Å². The summed E-state index contributed by atoms with van der Waals surface area (Å²) in [7, 11) is 1.59. The average Bonchev–Trinajstić information content (AvgIpc) is 3.59. The number of aryl methyl sites for hydroxylation is 1. The summed E-state index contributed by atoms with van der Waals surface area (Å²) in [5.41, 5.74) is 4.39. The lowest BCUT2D eigenvalue weighted by atomic mass is 9.95. The molecule has 2 aliphatic rings. The van der Waals surface area contributed by atoms with Gasteiger partial charge in [-0.05, 0) is 73.0 Å². The Kier molecular flexibility index (Phi) is 5.63. The smallest absolute Gasteiger partial charge is 0.323 e. The second-order valence-corrected chi connectivity index (χ2v) is 11.1. The first-order chi connectivity index (χ1) is 16.6. The lowest BCUT2D eigenvalue weighted by Crippen LogP contribution is -2.37. The highest BCUT2D eigenvalue weighted by atomic mass is 35.5. The number of nitrogens with zero attached hydrogens (tertiary/aromatic N) is 2. The van der Waals surface area contributed by atoms with Gasteiger partial charge in [0.25, 0.3) is 0 Å². The van der Waals surface area contributed by atoms with E-state index in [-0.39, 0.29) is 12.1 Å². The second-order valence-electron chi connectivity index (χ2n) is 8.62. The Labute approximate surface area is 211 Å². The van der Waals surface area contributed by atoms with E-state index in [9.17, 15) is 4.79 Å². The Morgan fingerprint density at radius 1 is 1.15 bits per heavy atom. The Bertz CT molecular complexity index is 1360. The average molecular weight is 510 g/mol. The highest BCUT2D eigenvalue weighted by molar-refractivity contribution is 7.15. The molecule has 34 heavy (non-hydrogen) atoms. The van der Waals surface area contributed by atoms with Crippen molar-refractivity contribution in [2.24, 2.45) is 0 Å². The maximum Gasteiger partial charge on any atom is 0.323 e. The number of carbonyl (C=O) groups is 1. The van der Waals surface area contributed by atoms with Gasteiger partial charge in [0.1, 0.15) is 16.8 Å². The summed E-state index contributed by atoms with van der Waals surface area (Å²) in [4.78, 5) is 18.5. The number of hydrogen-bond acceptors (Lipinski definition) is 4. The van der Waals surface area contributed by atoms with Gasteiger partial charge in [-0.15, -0.1) is 22.7 Å². The summed E-state index contributed by atoms with van der Waals surface area (Å²) >= 11 is 9.81. The van der Waals surface area contributed by atoms with Crippen molar-refractivity contribution in [1.82, 2.24) is 9.47 Å². The highest BCUT2D eigenvalue weighted by Gasteiger charge is 2.36. The molecule has 0 spiro atoms. The van der Waals surface area contributed by atoms with Crippen LogP contribution in [0.1, 0.15) is 45.5 Å². The fourth-order valence-corrected chi connectivity index (χ4v) is 7.52. The number of aromatic nitrogens is 1. The number of fused-ring (bicyclic) bond motifs is 5. The summed E-state index contributed by atoms with van der Waals surface area (Å²) in [6, 6.07) is 13.3. The van der Waals surface area contributed by atoms with Crippen LogP contribution in [0.4, 0.5) is 10.5 Å². The van der Waals surface area contributed by atoms with Gasteiger partial charge < -0.3 is 19.5 Å². The van der Waals surface area contributed by atoms with E-state index in [0.717, 1.165) is 23.4 Å². The fraction of sp³-hybridized carbons (Fsp3) is 0.269. The molecule has 0 bridgehead atoms. The minimum Gasteiger partial charge on any atom is -0.495 e. The number of benzene rings is 1. The summed E-state index contributed by atoms with van der Waals surface area (Å²) in [6.07, 6.45) is 6.79. The quantitative estimate of drug-likeness (QED) is 0.315. The number of amides is 2. The molecule has 8 heteroatoms. The van der Waals surface area contributed by atoms with Gasteiger partial charge in [-0.25, -0.2) is 4.79 Å². The number of nitrogens with one attached hydrogen (secondary N) is 1. The monoisotopic (exact) mass is 509 g/mol. The zero-order chi connectivity index (χ0) is 23.2. The van der Waals surface area contributed by atoms with Crippen molar-refractivity contribution >= 4 is 46.0 Å². The molecule has 0 saturated carbocycles. The molecule has 3 aromatic heterocycles. The van der Waals surface area contributed by atoms with Crippen LogP contribution < -0.4 is 10.1 Å². The molecule has 0 fully saturated rings. The SMILES string of the molecule is COc1ccc(Cl)cc1NC(=O)N1Cc2c(sc3c2CCCC3)-n2cccc2[C@@H]1c1cccs1. The van der Waals surface area contributed by atoms with Gasteiger partial charge in [-0.2, -0.15) is 0 Å². The van der Waals surface area contributed by atoms with Gasteiger partial charge in [0.15, 0.2) is 0 Å². The molecule has 2 amide bonds. The van der Waals surface area contributed by atoms with Crippen LogP contribution in [0, 0.1) is 0 Å². The lowest BCUT2D eigenvalue weighted by molar-refractivity contribution is 0.195. The molecular formula is C26H24ClN3O2S2. The van der Waals surface area contributed by atoms with E-state index >= 15 is 0 Å². The standard InChI is InChI=1S/C26H24ClN3O2S2/c1-32-21-11-10-16(27)14-19(21)28-26(31)30-15-18-17-6-2-3-8-22(17)34-25(18)29-12-4-7-20(29)24(30)23-9-5-13-33-23/h4-5,7,9-14,24H,2-3,6,8,15H2,1H3,(H,28,31)/t24-/m1/s1. The number of thiophene rings is 2. The third-order valence-electron chi connectivity index (χ3n) is 6.66. The van der Waals surface area contributed by atoms with Gasteiger partial charge in [0.05, 0.1) is 25.0 Å². The predicted molar refractivity (Wildman–Crippen MR) is 139 cm³/mol. The largest absolute Gasteiger partial charge is 0.495 e. The molecule has 4 heterocycles. The van der Waals surface area contributed by atoms with Crippen LogP contribution in [0.25, 0.3) is 5.00 Å². The first-order valence-corrected chi connectivity index (χ1v) is 13.5. The van der Waals surface area contributed by atoms with Crippen molar-refractivity contribution in [3.05, 3.63) is 85.6 Å². The molecule has 6 rings (SSSR count). The van der Waals surface area contributed by atoms with Gasteiger partial charge >= 0.3 is 6.03 Å². The first-order valence-electron chi connectivity index (χ1n) is 11.4. The molecule has 1 N–H and O–H groups in total. The van der Waals surface area contributed by atoms with E-state index in [0.29, 0.717) is 23.0 Å². The van der Waals surface area contributed by atoms with Crippen LogP contribution in [0.15, 0.2) is 54.0 Å². The van der Waals surface area contributed by atoms with E-state index in [2.05, 4.69) is 39.7 Å². The molecule has 4 aromatic rings. The molecule has 1 aliphatic heterocycles. The van der Waals surface area contributed by atoms with Crippen LogP contribution in [0.3, 0.4) is 0 Å². The molecule has 174 valence electrons. The van der Waals surface area contributed by atoms with Gasteiger partial charge in [0.2, 0.25) is 0 Å². The third kappa shape index (κ3) is 3.63. The number of ether oxygens (including phenoxy) is 1. The van der Waals surface area contributed by atoms with Crippen molar-refractivity contribution in [3.63, 3.8) is 0 Å². The van der Waals surface area contributed by atoms with Crippen LogP contribution >= 0.6 is 34.3 Å². The van der Waals surface area contributed by atoms with Crippen LogP contribution in [0.2, 0.25) is 5.02 Å². The molecule has 0 saturated heterocycles. The molecule has 1 aliphatic carbocycles. The molecule has 5 nitrogen and oxygen atoms in total. The fourth-order valence-electron chi connectivity index (χ4n) is 5.10. The van der Waals surface area contributed by atoms with E-state index in [1.165, 1.54) is 33.8 Å². The van der Waals surface area contributed by atoms with E-state index in [4.69, 9.17) is 16.3 Å². The third-order valence-corrected chi connectivity index (χ3v) is 9.15. The van der Waals surface area contributed by atoms with E-state index in [1.807, 2.05) is 22.3 Å². The summed E-state index contributed by atoms with van der Waals surface area (Å²) < 4.78 is 7.78. The number of urea groups is 1. The van der Waals surface area contributed by atoms with Crippen LogP contribution in [-0.4, -0.2) is 22.6 Å². The number of rotatable bonds is 3. The van der Waals surface area contributed by atoms with Crippen LogP contribution in [-0.2, 0) is 19.4 Å². The zero-order valence-corrected chi connectivity index (χ0v) is 21.1. The minimum atomic E-state index is -0.195. The number of methoxy groups -OCH3 is 1. The van der Waals surface area contributed by atoms with E-state index in [1.54, 1.807) is 36.6 Å². The molecule has 0 unspecified atom stereocenters. The Hall–Kier alpha value is -2.74.